The first-order valence-electron chi connectivity index (χ1n) is 9.81. The number of benzene rings is 2. The number of hydrogen-bond donors (Lipinski definition) is 1. The number of hydrogen-bond acceptors (Lipinski definition) is 3. The van der Waals surface area contributed by atoms with Gasteiger partial charge in [-0.3, -0.25) is 4.79 Å². The molecule has 166 valence electrons. The highest BCUT2D eigenvalue weighted by Gasteiger charge is 2.33. The van der Waals surface area contributed by atoms with Crippen molar-refractivity contribution in [3.63, 3.8) is 0 Å². The minimum atomic E-state index is -4.65. The van der Waals surface area contributed by atoms with Gasteiger partial charge in [0.1, 0.15) is 0 Å². The Kier molecular flexibility index (Phi) is 6.56. The number of nitrogens with zero attached hydrogens (tertiary/aromatic N) is 1. The molecular weight excluding hydrogens is 429 g/mol. The molecule has 31 heavy (non-hydrogen) atoms. The molecule has 0 saturated heterocycles. The van der Waals surface area contributed by atoms with Gasteiger partial charge in [-0.2, -0.15) is 13.2 Å². The summed E-state index contributed by atoms with van der Waals surface area (Å²) in [7, 11) is -2.04. The summed E-state index contributed by atoms with van der Waals surface area (Å²) in [5.74, 6) is 0. The molecule has 1 heterocycles. The number of pyridine rings is 1. The predicted octanol–water partition coefficient (Wildman–Crippen LogP) is 4.56. The lowest BCUT2D eigenvalue weighted by Gasteiger charge is -2.17. The van der Waals surface area contributed by atoms with Crippen LogP contribution in [0.3, 0.4) is 0 Å². The molecule has 1 aromatic heterocycles. The van der Waals surface area contributed by atoms with Gasteiger partial charge in [-0.15, -0.1) is 0 Å². The Hall–Kier alpha value is -2.65. The van der Waals surface area contributed by atoms with E-state index in [0.717, 1.165) is 18.4 Å². The van der Waals surface area contributed by atoms with Gasteiger partial charge in [-0.25, -0.2) is 12.7 Å². The van der Waals surface area contributed by atoms with Gasteiger partial charge in [0.25, 0.3) is 0 Å². The number of sulfonamides is 1. The Labute approximate surface area is 178 Å². The van der Waals surface area contributed by atoms with Gasteiger partial charge in [0.05, 0.1) is 10.5 Å². The van der Waals surface area contributed by atoms with E-state index in [9.17, 15) is 26.4 Å². The van der Waals surface area contributed by atoms with Crippen LogP contribution in [0.15, 0.2) is 58.2 Å². The first-order chi connectivity index (χ1) is 14.5. The standard InChI is InChI=1S/C22H23F3N2O3S/c1-3-4-11-27(2)31(29,30)17-8-5-15(6-9-17)12-16-7-10-20-18(13-16)19(22(23,24)25)14-21(28)26-20/h5-10,13-14H,3-4,11-12H2,1-2H3,(H,26,28). The van der Waals surface area contributed by atoms with Crippen LogP contribution < -0.4 is 5.56 Å². The Bertz CT molecular complexity index is 1230. The molecule has 0 radical (unpaired) electrons. The Morgan fingerprint density at radius 1 is 1.00 bits per heavy atom. The Morgan fingerprint density at radius 3 is 2.26 bits per heavy atom. The summed E-state index contributed by atoms with van der Waals surface area (Å²) in [5.41, 5.74) is -0.314. The second-order valence-electron chi connectivity index (χ2n) is 7.43. The smallest absolute Gasteiger partial charge is 0.322 e. The van der Waals surface area contributed by atoms with E-state index >= 15 is 0 Å². The van der Waals surface area contributed by atoms with Crippen LogP contribution in [0.1, 0.15) is 36.5 Å². The second-order valence-corrected chi connectivity index (χ2v) is 9.47. The van der Waals surface area contributed by atoms with Gasteiger partial charge >= 0.3 is 6.18 Å². The summed E-state index contributed by atoms with van der Waals surface area (Å²) >= 11 is 0. The lowest BCUT2D eigenvalue weighted by Crippen LogP contribution is -2.27. The third-order valence-electron chi connectivity index (χ3n) is 5.08. The van der Waals surface area contributed by atoms with Gasteiger partial charge in [-0.1, -0.05) is 31.5 Å². The van der Waals surface area contributed by atoms with Crippen molar-refractivity contribution >= 4 is 20.9 Å². The van der Waals surface area contributed by atoms with Crippen molar-refractivity contribution in [3.05, 3.63) is 75.6 Å². The van der Waals surface area contributed by atoms with Crippen molar-refractivity contribution in [3.8, 4) is 0 Å². The number of alkyl halides is 3. The van der Waals surface area contributed by atoms with E-state index < -0.39 is 27.3 Å². The molecule has 0 aliphatic heterocycles. The summed E-state index contributed by atoms with van der Waals surface area (Å²) in [6.07, 6.45) is -2.68. The van der Waals surface area contributed by atoms with Crippen LogP contribution in [-0.2, 0) is 22.6 Å². The molecule has 5 nitrogen and oxygen atoms in total. The van der Waals surface area contributed by atoms with E-state index in [1.807, 2.05) is 6.92 Å². The average Bonchev–Trinajstić information content (AvgIpc) is 2.71. The van der Waals surface area contributed by atoms with E-state index in [4.69, 9.17) is 0 Å². The van der Waals surface area contributed by atoms with Crippen LogP contribution in [0.5, 0.6) is 0 Å². The summed E-state index contributed by atoms with van der Waals surface area (Å²) in [5, 5.41) is -0.0821. The molecule has 0 atom stereocenters. The van der Waals surface area contributed by atoms with Crippen LogP contribution in [-0.4, -0.2) is 31.3 Å². The van der Waals surface area contributed by atoms with Crippen LogP contribution in [0.25, 0.3) is 10.9 Å². The second kappa shape index (κ2) is 8.84. The number of rotatable bonds is 7. The third kappa shape index (κ3) is 5.16. The van der Waals surface area contributed by atoms with Crippen LogP contribution in [0.2, 0.25) is 0 Å². The molecule has 0 aliphatic rings. The molecule has 1 N–H and O–H groups in total. The van der Waals surface area contributed by atoms with E-state index in [-0.39, 0.29) is 15.8 Å². The highest BCUT2D eigenvalue weighted by atomic mass is 32.2. The molecule has 0 bridgehead atoms. The number of fused-ring (bicyclic) bond motifs is 1. The average molecular weight is 452 g/mol. The molecule has 0 fully saturated rings. The number of aromatic nitrogens is 1. The molecular formula is C22H23F3N2O3S. The number of nitrogens with one attached hydrogen (secondary N) is 1. The van der Waals surface area contributed by atoms with Gasteiger partial charge < -0.3 is 4.98 Å². The monoisotopic (exact) mass is 452 g/mol. The first kappa shape index (κ1) is 23.0. The molecule has 3 rings (SSSR count). The van der Waals surface area contributed by atoms with Gasteiger partial charge in [0.2, 0.25) is 15.6 Å². The van der Waals surface area contributed by atoms with Crippen molar-refractivity contribution in [2.75, 3.05) is 13.6 Å². The van der Waals surface area contributed by atoms with Crippen molar-refractivity contribution in [2.24, 2.45) is 0 Å². The fraction of sp³-hybridized carbons (Fsp3) is 0.318. The van der Waals surface area contributed by atoms with Gasteiger partial charge in [0, 0.05) is 30.6 Å². The molecule has 0 spiro atoms. The van der Waals surface area contributed by atoms with E-state index in [0.29, 0.717) is 24.6 Å². The lowest BCUT2D eigenvalue weighted by molar-refractivity contribution is -0.136. The highest BCUT2D eigenvalue weighted by molar-refractivity contribution is 7.89. The minimum absolute atomic E-state index is 0.0821. The van der Waals surface area contributed by atoms with Gasteiger partial charge in [-0.05, 0) is 48.2 Å². The maximum absolute atomic E-state index is 13.3. The summed E-state index contributed by atoms with van der Waals surface area (Å²) in [6, 6.07) is 11.4. The summed E-state index contributed by atoms with van der Waals surface area (Å²) < 4.78 is 66.5. The quantitative estimate of drug-likeness (QED) is 0.571. The first-order valence-corrected chi connectivity index (χ1v) is 11.2. The van der Waals surface area contributed by atoms with Crippen molar-refractivity contribution in [2.45, 2.75) is 37.3 Å². The van der Waals surface area contributed by atoms with Crippen molar-refractivity contribution in [1.29, 1.82) is 0 Å². The fourth-order valence-corrected chi connectivity index (χ4v) is 4.55. The predicted molar refractivity (Wildman–Crippen MR) is 114 cm³/mol. The molecule has 3 aromatic rings. The molecule has 0 saturated carbocycles. The van der Waals surface area contributed by atoms with Crippen molar-refractivity contribution < 1.29 is 21.6 Å². The number of unbranched alkanes of at least 4 members (excludes halogenated alkanes) is 1. The zero-order valence-corrected chi connectivity index (χ0v) is 18.0. The largest absolute Gasteiger partial charge is 0.417 e. The number of aromatic amines is 1. The molecule has 0 amide bonds. The number of halogens is 3. The summed E-state index contributed by atoms with van der Waals surface area (Å²) in [4.78, 5) is 14.1. The lowest BCUT2D eigenvalue weighted by atomic mass is 10.0. The normalized spacial score (nSPS) is 12.6. The zero-order chi connectivity index (χ0) is 22.8. The van der Waals surface area contributed by atoms with E-state index in [1.54, 1.807) is 18.2 Å². The van der Waals surface area contributed by atoms with Gasteiger partial charge in [0.15, 0.2) is 0 Å². The highest BCUT2D eigenvalue weighted by Crippen LogP contribution is 2.33. The fourth-order valence-electron chi connectivity index (χ4n) is 3.34. The Balaban J connectivity index is 1.88. The van der Waals surface area contributed by atoms with E-state index in [2.05, 4.69) is 4.98 Å². The van der Waals surface area contributed by atoms with E-state index in [1.165, 1.54) is 35.6 Å². The van der Waals surface area contributed by atoms with Crippen LogP contribution in [0.4, 0.5) is 13.2 Å². The third-order valence-corrected chi connectivity index (χ3v) is 6.95. The maximum Gasteiger partial charge on any atom is 0.417 e. The summed E-state index contributed by atoms with van der Waals surface area (Å²) in [6.45, 7) is 2.42. The molecule has 2 aromatic carbocycles. The molecule has 9 heteroatoms. The Morgan fingerprint density at radius 2 is 1.65 bits per heavy atom. The van der Waals surface area contributed by atoms with Crippen molar-refractivity contribution in [1.82, 2.24) is 9.29 Å². The SMILES string of the molecule is CCCCN(C)S(=O)(=O)c1ccc(Cc2ccc3[nH]c(=O)cc(C(F)(F)F)c3c2)cc1. The maximum atomic E-state index is 13.3. The van der Waals surface area contributed by atoms with Crippen LogP contribution in [0, 0.1) is 0 Å². The zero-order valence-electron chi connectivity index (χ0n) is 17.2. The minimum Gasteiger partial charge on any atom is -0.322 e. The molecule has 0 aliphatic carbocycles. The van der Waals surface area contributed by atoms with Crippen LogP contribution >= 0.6 is 0 Å². The molecule has 0 unspecified atom stereocenters. The number of H-pyrrole nitrogens is 1. The topological polar surface area (TPSA) is 70.2 Å².